The molecule has 3 rings (SSSR count). The van der Waals surface area contributed by atoms with E-state index in [1.54, 1.807) is 0 Å². The van der Waals surface area contributed by atoms with Gasteiger partial charge in [-0.15, -0.1) is 0 Å². The summed E-state index contributed by atoms with van der Waals surface area (Å²) in [6.07, 6.45) is 4.62. The van der Waals surface area contributed by atoms with Gasteiger partial charge in [-0.3, -0.25) is 9.59 Å². The van der Waals surface area contributed by atoms with Crippen LogP contribution in [0.5, 0.6) is 0 Å². The van der Waals surface area contributed by atoms with E-state index in [4.69, 9.17) is 0 Å². The second-order valence-electron chi connectivity index (χ2n) is 6.78. The zero-order chi connectivity index (χ0) is 16.4. The number of carbonyl (C=O) groups is 2. The molecule has 5 heteroatoms. The summed E-state index contributed by atoms with van der Waals surface area (Å²) < 4.78 is 0. The standard InChI is InChI=1S/C18H25N3O2/c1-11-7-8-13(9-12(11)2)19-17(22)10-16-18(23)21-15-6-4-3-5-14(15)20-16/h7-9,14-16,20H,3-6,10H2,1-2H3,(H,19,22)(H,21,23)/t14-,15-,16-/m0/s1. The lowest BCUT2D eigenvalue weighted by atomic mass is 9.87. The fraction of sp³-hybridized carbons (Fsp3) is 0.556. The highest BCUT2D eigenvalue weighted by Gasteiger charge is 2.36. The van der Waals surface area contributed by atoms with Gasteiger partial charge in [-0.2, -0.15) is 0 Å². The lowest BCUT2D eigenvalue weighted by Gasteiger charge is -2.40. The summed E-state index contributed by atoms with van der Waals surface area (Å²) >= 11 is 0. The molecule has 1 aromatic carbocycles. The zero-order valence-electron chi connectivity index (χ0n) is 13.8. The Morgan fingerprint density at radius 1 is 1.17 bits per heavy atom. The van der Waals surface area contributed by atoms with Crippen LogP contribution in [0, 0.1) is 13.8 Å². The number of carbonyl (C=O) groups excluding carboxylic acids is 2. The number of amides is 2. The minimum Gasteiger partial charge on any atom is -0.350 e. The molecule has 0 aromatic heterocycles. The first-order chi connectivity index (χ1) is 11.0. The van der Waals surface area contributed by atoms with Crippen molar-refractivity contribution in [3.63, 3.8) is 0 Å². The largest absolute Gasteiger partial charge is 0.350 e. The van der Waals surface area contributed by atoms with Crippen molar-refractivity contribution >= 4 is 17.5 Å². The van der Waals surface area contributed by atoms with Gasteiger partial charge in [0, 0.05) is 17.8 Å². The highest BCUT2D eigenvalue weighted by atomic mass is 16.2. The number of fused-ring (bicyclic) bond motifs is 1. The van der Waals surface area contributed by atoms with Crippen molar-refractivity contribution in [1.29, 1.82) is 0 Å². The van der Waals surface area contributed by atoms with Crippen LogP contribution in [0.2, 0.25) is 0 Å². The second kappa shape index (κ2) is 6.71. The first kappa shape index (κ1) is 16.0. The minimum atomic E-state index is -0.430. The van der Waals surface area contributed by atoms with Gasteiger partial charge in [-0.05, 0) is 49.9 Å². The maximum atomic E-state index is 12.3. The lowest BCUT2D eigenvalue weighted by molar-refractivity contribution is -0.129. The van der Waals surface area contributed by atoms with Gasteiger partial charge in [-0.1, -0.05) is 18.9 Å². The smallest absolute Gasteiger partial charge is 0.237 e. The van der Waals surface area contributed by atoms with Crippen LogP contribution in [-0.4, -0.2) is 29.9 Å². The van der Waals surface area contributed by atoms with Gasteiger partial charge in [0.2, 0.25) is 11.8 Å². The molecule has 3 atom stereocenters. The molecular formula is C18H25N3O2. The van der Waals surface area contributed by atoms with Gasteiger partial charge in [-0.25, -0.2) is 0 Å². The molecule has 124 valence electrons. The van der Waals surface area contributed by atoms with Crippen LogP contribution in [0.25, 0.3) is 0 Å². The topological polar surface area (TPSA) is 70.2 Å². The molecular weight excluding hydrogens is 290 g/mol. The van der Waals surface area contributed by atoms with Crippen LogP contribution in [0.15, 0.2) is 18.2 Å². The first-order valence-corrected chi connectivity index (χ1v) is 8.46. The molecule has 2 amide bonds. The Hall–Kier alpha value is -1.88. The van der Waals surface area contributed by atoms with Gasteiger partial charge >= 0.3 is 0 Å². The quantitative estimate of drug-likeness (QED) is 0.799. The van der Waals surface area contributed by atoms with E-state index in [9.17, 15) is 9.59 Å². The summed E-state index contributed by atoms with van der Waals surface area (Å²) in [5, 5.41) is 9.33. The van der Waals surface area contributed by atoms with Gasteiger partial charge in [0.1, 0.15) is 0 Å². The van der Waals surface area contributed by atoms with Gasteiger partial charge < -0.3 is 16.0 Å². The van der Waals surface area contributed by atoms with Crippen LogP contribution < -0.4 is 16.0 Å². The number of nitrogens with one attached hydrogen (secondary N) is 3. The van der Waals surface area contributed by atoms with Crippen LogP contribution >= 0.6 is 0 Å². The number of piperazine rings is 1. The van der Waals surface area contributed by atoms with Crippen LogP contribution in [-0.2, 0) is 9.59 Å². The Bertz CT molecular complexity index is 614. The SMILES string of the molecule is Cc1ccc(NC(=O)C[C@@H]2N[C@H]3CCCC[C@@H]3NC2=O)cc1C. The van der Waals surface area contributed by atoms with E-state index >= 15 is 0 Å². The highest BCUT2D eigenvalue weighted by Crippen LogP contribution is 2.22. The average molecular weight is 315 g/mol. The highest BCUT2D eigenvalue weighted by molar-refractivity contribution is 5.95. The van der Waals surface area contributed by atoms with Crippen LogP contribution in [0.4, 0.5) is 5.69 Å². The molecule has 2 aliphatic rings. The molecule has 1 aliphatic carbocycles. The fourth-order valence-electron chi connectivity index (χ4n) is 3.49. The van der Waals surface area contributed by atoms with Crippen molar-refractivity contribution in [3.05, 3.63) is 29.3 Å². The van der Waals surface area contributed by atoms with Crippen molar-refractivity contribution in [3.8, 4) is 0 Å². The molecule has 1 aliphatic heterocycles. The third-order valence-corrected chi connectivity index (χ3v) is 5.01. The summed E-state index contributed by atoms with van der Waals surface area (Å²) in [6.45, 7) is 4.06. The number of aryl methyl sites for hydroxylation is 2. The predicted octanol–water partition coefficient (Wildman–Crippen LogP) is 2.03. The molecule has 1 aromatic rings. The van der Waals surface area contributed by atoms with Crippen molar-refractivity contribution in [2.45, 2.75) is 64.1 Å². The molecule has 0 radical (unpaired) electrons. The number of anilines is 1. The molecule has 0 bridgehead atoms. The number of hydrogen-bond donors (Lipinski definition) is 3. The molecule has 1 heterocycles. The number of rotatable bonds is 3. The van der Waals surface area contributed by atoms with Crippen molar-refractivity contribution in [2.24, 2.45) is 0 Å². The third kappa shape index (κ3) is 3.72. The van der Waals surface area contributed by atoms with Gasteiger partial charge in [0.05, 0.1) is 12.5 Å². The summed E-state index contributed by atoms with van der Waals surface area (Å²) in [6, 6.07) is 5.95. The van der Waals surface area contributed by atoms with E-state index in [2.05, 4.69) is 16.0 Å². The van der Waals surface area contributed by atoms with E-state index in [0.29, 0.717) is 6.04 Å². The summed E-state index contributed by atoms with van der Waals surface area (Å²) in [4.78, 5) is 24.4. The molecule has 1 saturated carbocycles. The molecule has 23 heavy (non-hydrogen) atoms. The van der Waals surface area contributed by atoms with E-state index in [0.717, 1.165) is 24.1 Å². The van der Waals surface area contributed by atoms with Gasteiger partial charge in [0.15, 0.2) is 0 Å². The van der Waals surface area contributed by atoms with E-state index in [1.807, 2.05) is 32.0 Å². The molecule has 0 unspecified atom stereocenters. The van der Waals surface area contributed by atoms with E-state index in [-0.39, 0.29) is 24.3 Å². The maximum Gasteiger partial charge on any atom is 0.237 e. The van der Waals surface area contributed by atoms with E-state index in [1.165, 1.54) is 18.4 Å². The van der Waals surface area contributed by atoms with Crippen molar-refractivity contribution < 1.29 is 9.59 Å². The predicted molar refractivity (Wildman–Crippen MR) is 90.3 cm³/mol. The average Bonchev–Trinajstić information content (AvgIpc) is 2.51. The number of benzene rings is 1. The zero-order valence-corrected chi connectivity index (χ0v) is 13.8. The first-order valence-electron chi connectivity index (χ1n) is 8.46. The fourth-order valence-corrected chi connectivity index (χ4v) is 3.49. The Morgan fingerprint density at radius 3 is 2.65 bits per heavy atom. The molecule has 3 N–H and O–H groups in total. The Balaban J connectivity index is 1.58. The summed E-state index contributed by atoms with van der Waals surface area (Å²) in [5.74, 6) is -0.182. The molecule has 1 saturated heterocycles. The van der Waals surface area contributed by atoms with Crippen molar-refractivity contribution in [1.82, 2.24) is 10.6 Å². The van der Waals surface area contributed by atoms with Crippen LogP contribution in [0.1, 0.15) is 43.2 Å². The Labute approximate surface area is 137 Å². The Kier molecular flexibility index (Phi) is 4.66. The molecule has 5 nitrogen and oxygen atoms in total. The normalized spacial score (nSPS) is 27.0. The monoisotopic (exact) mass is 315 g/mol. The minimum absolute atomic E-state index is 0.0524. The molecule has 2 fully saturated rings. The molecule has 0 spiro atoms. The third-order valence-electron chi connectivity index (χ3n) is 5.01. The van der Waals surface area contributed by atoms with E-state index < -0.39 is 6.04 Å². The lowest BCUT2D eigenvalue weighted by Crippen LogP contribution is -2.65. The maximum absolute atomic E-state index is 12.3. The van der Waals surface area contributed by atoms with Crippen LogP contribution in [0.3, 0.4) is 0 Å². The summed E-state index contributed by atoms with van der Waals surface area (Å²) in [7, 11) is 0. The second-order valence-corrected chi connectivity index (χ2v) is 6.78. The van der Waals surface area contributed by atoms with Gasteiger partial charge in [0.25, 0.3) is 0 Å². The van der Waals surface area contributed by atoms with Crippen molar-refractivity contribution in [2.75, 3.05) is 5.32 Å². The number of hydrogen-bond acceptors (Lipinski definition) is 3. The summed E-state index contributed by atoms with van der Waals surface area (Å²) in [5.41, 5.74) is 3.12. The Morgan fingerprint density at radius 2 is 1.91 bits per heavy atom.